The van der Waals surface area contributed by atoms with Gasteiger partial charge >= 0.3 is 0 Å². The Morgan fingerprint density at radius 3 is 2.36 bits per heavy atom. The summed E-state index contributed by atoms with van der Waals surface area (Å²) < 4.78 is 6.70. The summed E-state index contributed by atoms with van der Waals surface area (Å²) in [5.41, 5.74) is 2.16. The van der Waals surface area contributed by atoms with E-state index in [1.165, 1.54) is 5.56 Å². The second kappa shape index (κ2) is 12.8. The van der Waals surface area contributed by atoms with E-state index in [0.29, 0.717) is 25.3 Å². The molecule has 1 atom stereocenters. The zero-order chi connectivity index (χ0) is 24.4. The van der Waals surface area contributed by atoms with Crippen LogP contribution in [0.2, 0.25) is 0 Å². The van der Waals surface area contributed by atoms with Gasteiger partial charge in [0.15, 0.2) is 6.61 Å². The minimum atomic E-state index is -0.551. The molecular weight excluding hydrogens is 480 g/mol. The Kier molecular flexibility index (Phi) is 10.4. The van der Waals surface area contributed by atoms with Gasteiger partial charge in [-0.2, -0.15) is 0 Å². The average Bonchev–Trinajstić information content (AvgIpc) is 2.78. The molecule has 0 spiro atoms. The first-order valence-corrected chi connectivity index (χ1v) is 12.5. The normalized spacial score (nSPS) is 12.2. The Hall–Kier alpha value is -2.34. The number of amides is 2. The van der Waals surface area contributed by atoms with Crippen LogP contribution in [0.5, 0.6) is 5.75 Å². The van der Waals surface area contributed by atoms with E-state index in [0.717, 1.165) is 22.9 Å². The lowest BCUT2D eigenvalue weighted by atomic mass is 9.87. The van der Waals surface area contributed by atoms with E-state index in [1.807, 2.05) is 55.5 Å². The standard InChI is InChI=1S/C27H37BrN2O3/c1-6-8-16-29-26(32)23(7-2)30(18-20-12-10-9-11-13-20)25(31)19-33-24-15-14-21(17-22(24)28)27(3,4)5/h9-15,17,23H,6-8,16,18-19H2,1-5H3,(H,29,32)/t23-/m0/s1. The van der Waals surface area contributed by atoms with Crippen LogP contribution in [0.3, 0.4) is 0 Å². The Morgan fingerprint density at radius 1 is 1.09 bits per heavy atom. The van der Waals surface area contributed by atoms with Gasteiger partial charge in [-0.1, -0.05) is 77.4 Å². The van der Waals surface area contributed by atoms with E-state index >= 15 is 0 Å². The van der Waals surface area contributed by atoms with Crippen molar-refractivity contribution >= 4 is 27.7 Å². The van der Waals surface area contributed by atoms with Crippen molar-refractivity contribution in [2.75, 3.05) is 13.2 Å². The molecule has 0 heterocycles. The number of carbonyl (C=O) groups is 2. The fraction of sp³-hybridized carbons (Fsp3) is 0.481. The smallest absolute Gasteiger partial charge is 0.261 e. The summed E-state index contributed by atoms with van der Waals surface area (Å²) in [6.45, 7) is 11.3. The number of rotatable bonds is 11. The number of hydrogen-bond donors (Lipinski definition) is 1. The highest BCUT2D eigenvalue weighted by molar-refractivity contribution is 9.10. The van der Waals surface area contributed by atoms with E-state index in [2.05, 4.69) is 48.9 Å². The lowest BCUT2D eigenvalue weighted by Gasteiger charge is -2.30. The second-order valence-electron chi connectivity index (χ2n) is 9.26. The van der Waals surface area contributed by atoms with Crippen LogP contribution in [-0.4, -0.2) is 35.9 Å². The van der Waals surface area contributed by atoms with Gasteiger partial charge in [0.2, 0.25) is 5.91 Å². The Balaban J connectivity index is 2.18. The fourth-order valence-corrected chi connectivity index (χ4v) is 4.01. The molecule has 0 bridgehead atoms. The van der Waals surface area contributed by atoms with Gasteiger partial charge in [-0.25, -0.2) is 0 Å². The molecule has 180 valence electrons. The van der Waals surface area contributed by atoms with Gasteiger partial charge in [0.25, 0.3) is 5.91 Å². The molecular formula is C27H37BrN2O3. The molecule has 2 aromatic carbocycles. The summed E-state index contributed by atoms with van der Waals surface area (Å²) in [7, 11) is 0. The van der Waals surface area contributed by atoms with Crippen LogP contribution in [0.15, 0.2) is 53.0 Å². The summed E-state index contributed by atoms with van der Waals surface area (Å²) in [6.07, 6.45) is 2.44. The first kappa shape index (κ1) is 26.9. The van der Waals surface area contributed by atoms with E-state index in [4.69, 9.17) is 4.74 Å². The van der Waals surface area contributed by atoms with Crippen LogP contribution in [-0.2, 0) is 21.5 Å². The predicted octanol–water partition coefficient (Wildman–Crippen LogP) is 5.85. The molecule has 2 amide bonds. The zero-order valence-electron chi connectivity index (χ0n) is 20.5. The van der Waals surface area contributed by atoms with Crippen molar-refractivity contribution in [1.82, 2.24) is 10.2 Å². The molecule has 2 rings (SSSR count). The van der Waals surface area contributed by atoms with Gasteiger partial charge in [0, 0.05) is 13.1 Å². The average molecular weight is 518 g/mol. The quantitative estimate of drug-likeness (QED) is 0.381. The van der Waals surface area contributed by atoms with Crippen molar-refractivity contribution in [3.63, 3.8) is 0 Å². The number of ether oxygens (including phenoxy) is 1. The number of nitrogens with one attached hydrogen (secondary N) is 1. The molecule has 0 radical (unpaired) electrons. The number of carbonyl (C=O) groups excluding carboxylic acids is 2. The third kappa shape index (κ3) is 8.18. The Bertz CT molecular complexity index is 909. The zero-order valence-corrected chi connectivity index (χ0v) is 22.1. The maximum absolute atomic E-state index is 13.3. The van der Waals surface area contributed by atoms with Gasteiger partial charge in [-0.3, -0.25) is 9.59 Å². The second-order valence-corrected chi connectivity index (χ2v) is 10.1. The first-order chi connectivity index (χ1) is 15.7. The molecule has 2 aromatic rings. The number of nitrogens with zero attached hydrogens (tertiary/aromatic N) is 1. The van der Waals surface area contributed by atoms with Crippen molar-refractivity contribution in [1.29, 1.82) is 0 Å². The SMILES string of the molecule is CCCCNC(=O)[C@H](CC)N(Cc1ccccc1)C(=O)COc1ccc(C(C)(C)C)cc1Br. The third-order valence-corrected chi connectivity index (χ3v) is 6.18. The van der Waals surface area contributed by atoms with E-state index in [-0.39, 0.29) is 23.8 Å². The summed E-state index contributed by atoms with van der Waals surface area (Å²) in [6, 6.07) is 15.1. The highest BCUT2D eigenvalue weighted by atomic mass is 79.9. The maximum atomic E-state index is 13.3. The molecule has 6 heteroatoms. The van der Waals surface area contributed by atoms with Crippen molar-refractivity contribution < 1.29 is 14.3 Å². The van der Waals surface area contributed by atoms with Gasteiger partial charge in [0.05, 0.1) is 4.47 Å². The minimum Gasteiger partial charge on any atom is -0.483 e. The van der Waals surface area contributed by atoms with Gasteiger partial charge in [-0.05, 0) is 57.4 Å². The summed E-state index contributed by atoms with van der Waals surface area (Å²) >= 11 is 3.57. The number of unbranched alkanes of at least 4 members (excludes halogenated alkanes) is 1. The molecule has 1 N–H and O–H groups in total. The molecule has 33 heavy (non-hydrogen) atoms. The van der Waals surface area contributed by atoms with Crippen LogP contribution >= 0.6 is 15.9 Å². The monoisotopic (exact) mass is 516 g/mol. The summed E-state index contributed by atoms with van der Waals surface area (Å²) in [5.74, 6) is 0.269. The van der Waals surface area contributed by atoms with Crippen LogP contribution in [0, 0.1) is 0 Å². The highest BCUT2D eigenvalue weighted by Gasteiger charge is 2.29. The molecule has 0 aromatic heterocycles. The molecule has 0 unspecified atom stereocenters. The lowest BCUT2D eigenvalue weighted by Crippen LogP contribution is -2.50. The third-order valence-electron chi connectivity index (χ3n) is 5.56. The van der Waals surface area contributed by atoms with Gasteiger partial charge in [0.1, 0.15) is 11.8 Å². The summed E-state index contributed by atoms with van der Waals surface area (Å²) in [4.78, 5) is 27.8. The van der Waals surface area contributed by atoms with Crippen molar-refractivity contribution in [3.05, 3.63) is 64.1 Å². The molecule has 0 saturated carbocycles. The van der Waals surface area contributed by atoms with E-state index in [9.17, 15) is 9.59 Å². The molecule has 0 fully saturated rings. The fourth-order valence-electron chi connectivity index (χ4n) is 3.51. The van der Waals surface area contributed by atoms with Crippen LogP contribution < -0.4 is 10.1 Å². The molecule has 0 aliphatic carbocycles. The van der Waals surface area contributed by atoms with Crippen molar-refractivity contribution in [3.8, 4) is 5.75 Å². The van der Waals surface area contributed by atoms with Crippen LogP contribution in [0.1, 0.15) is 65.0 Å². The summed E-state index contributed by atoms with van der Waals surface area (Å²) in [5, 5.41) is 2.98. The Labute approximate surface area is 207 Å². The minimum absolute atomic E-state index is 0.0167. The molecule has 0 saturated heterocycles. The Morgan fingerprint density at radius 2 is 1.79 bits per heavy atom. The van der Waals surface area contributed by atoms with Crippen molar-refractivity contribution in [2.24, 2.45) is 0 Å². The molecule has 0 aliphatic heterocycles. The van der Waals surface area contributed by atoms with Crippen LogP contribution in [0.25, 0.3) is 0 Å². The first-order valence-electron chi connectivity index (χ1n) is 11.7. The number of benzene rings is 2. The van der Waals surface area contributed by atoms with Gasteiger partial charge in [-0.15, -0.1) is 0 Å². The number of hydrogen-bond acceptors (Lipinski definition) is 3. The largest absolute Gasteiger partial charge is 0.483 e. The van der Waals surface area contributed by atoms with Gasteiger partial charge < -0.3 is 15.0 Å². The predicted molar refractivity (Wildman–Crippen MR) is 137 cm³/mol. The molecule has 5 nitrogen and oxygen atoms in total. The highest BCUT2D eigenvalue weighted by Crippen LogP contribution is 2.31. The lowest BCUT2D eigenvalue weighted by molar-refractivity contribution is -0.143. The maximum Gasteiger partial charge on any atom is 0.261 e. The molecule has 0 aliphatic rings. The number of halogens is 1. The van der Waals surface area contributed by atoms with Crippen molar-refractivity contribution in [2.45, 2.75) is 71.9 Å². The topological polar surface area (TPSA) is 58.6 Å². The van der Waals surface area contributed by atoms with E-state index in [1.54, 1.807) is 4.90 Å². The van der Waals surface area contributed by atoms with E-state index < -0.39 is 6.04 Å². The van der Waals surface area contributed by atoms with Crippen LogP contribution in [0.4, 0.5) is 0 Å².